The number of amides is 1. The number of hydrogen-bond acceptors (Lipinski definition) is 4. The summed E-state index contributed by atoms with van der Waals surface area (Å²) in [4.78, 5) is 12.8. The molecule has 1 N–H and O–H groups in total. The van der Waals surface area contributed by atoms with E-state index in [2.05, 4.69) is 11.4 Å². The van der Waals surface area contributed by atoms with Crippen molar-refractivity contribution in [3.8, 4) is 6.07 Å². The first-order valence-corrected chi connectivity index (χ1v) is 10.6. The third-order valence-electron chi connectivity index (χ3n) is 5.25. The Kier molecular flexibility index (Phi) is 5.82. The second-order valence-electron chi connectivity index (χ2n) is 7.07. The van der Waals surface area contributed by atoms with Gasteiger partial charge in [0.1, 0.15) is 6.07 Å². The molecule has 0 unspecified atom stereocenters. The molecule has 2 aromatic rings. The molecule has 3 rings (SSSR count). The van der Waals surface area contributed by atoms with Gasteiger partial charge in [-0.3, -0.25) is 4.79 Å². The highest BCUT2D eigenvalue weighted by Crippen LogP contribution is 2.26. The van der Waals surface area contributed by atoms with Gasteiger partial charge in [-0.25, -0.2) is 8.42 Å². The van der Waals surface area contributed by atoms with Crippen molar-refractivity contribution in [2.24, 2.45) is 5.92 Å². The average Bonchev–Trinajstić information content (AvgIpc) is 2.70. The second kappa shape index (κ2) is 8.13. The Balaban J connectivity index is 1.66. The number of carbonyl (C=O) groups excluding carboxylic acids is 1. The number of nitrogens with zero attached hydrogens (tertiary/aromatic N) is 2. The molecule has 1 heterocycles. The third-order valence-corrected chi connectivity index (χ3v) is 7.14. The Morgan fingerprint density at radius 1 is 1.11 bits per heavy atom. The molecule has 0 aliphatic carbocycles. The molecule has 1 saturated heterocycles. The van der Waals surface area contributed by atoms with E-state index in [1.165, 1.54) is 4.31 Å². The molecule has 1 aliphatic rings. The van der Waals surface area contributed by atoms with Crippen LogP contribution in [-0.4, -0.2) is 31.7 Å². The van der Waals surface area contributed by atoms with E-state index in [0.717, 1.165) is 11.1 Å². The van der Waals surface area contributed by atoms with Crippen molar-refractivity contribution in [1.29, 1.82) is 5.26 Å². The molecule has 146 valence electrons. The van der Waals surface area contributed by atoms with Gasteiger partial charge >= 0.3 is 0 Å². The lowest BCUT2D eigenvalue weighted by atomic mass is 9.97. The SMILES string of the molecule is Cc1ccc(S(=O)(=O)N2CCC(C(=O)Nc3ccccc3C#N)CC2)cc1C. The summed E-state index contributed by atoms with van der Waals surface area (Å²) in [7, 11) is -3.56. The zero-order valence-corrected chi connectivity index (χ0v) is 16.8. The second-order valence-corrected chi connectivity index (χ2v) is 9.01. The highest BCUT2D eigenvalue weighted by Gasteiger charge is 2.32. The summed E-state index contributed by atoms with van der Waals surface area (Å²) in [5.41, 5.74) is 2.88. The summed E-state index contributed by atoms with van der Waals surface area (Å²) < 4.78 is 27.2. The fourth-order valence-corrected chi connectivity index (χ4v) is 4.86. The predicted octanol–water partition coefficient (Wildman–Crippen LogP) is 3.21. The number of hydrogen-bond donors (Lipinski definition) is 1. The van der Waals surface area contributed by atoms with Gasteiger partial charge in [0.25, 0.3) is 0 Å². The van der Waals surface area contributed by atoms with Gasteiger partial charge in [0, 0.05) is 19.0 Å². The number of nitriles is 1. The summed E-state index contributed by atoms with van der Waals surface area (Å²) in [5.74, 6) is -0.455. The van der Waals surface area contributed by atoms with Gasteiger partial charge in [-0.05, 0) is 62.1 Å². The molecule has 6 nitrogen and oxygen atoms in total. The molecule has 1 fully saturated rings. The summed E-state index contributed by atoms with van der Waals surface area (Å²) in [5, 5.41) is 11.9. The number of para-hydroxylation sites is 1. The van der Waals surface area contributed by atoms with Crippen molar-refractivity contribution in [3.05, 3.63) is 59.2 Å². The number of benzene rings is 2. The molecule has 0 aromatic heterocycles. The number of carbonyl (C=O) groups is 1. The number of rotatable bonds is 4. The van der Waals surface area contributed by atoms with Crippen molar-refractivity contribution in [2.45, 2.75) is 31.6 Å². The van der Waals surface area contributed by atoms with Crippen LogP contribution in [0.1, 0.15) is 29.5 Å². The molecule has 0 atom stereocenters. The Morgan fingerprint density at radius 2 is 1.79 bits per heavy atom. The lowest BCUT2D eigenvalue weighted by Crippen LogP contribution is -2.41. The van der Waals surface area contributed by atoms with Crippen molar-refractivity contribution in [3.63, 3.8) is 0 Å². The smallest absolute Gasteiger partial charge is 0.243 e. The first kappa shape index (κ1) is 20.1. The van der Waals surface area contributed by atoms with Crippen LogP contribution < -0.4 is 5.32 Å². The summed E-state index contributed by atoms with van der Waals surface area (Å²) in [6.45, 7) is 4.44. The molecular weight excluding hydrogens is 374 g/mol. The number of sulfonamides is 1. The van der Waals surface area contributed by atoms with Crippen LogP contribution in [0.15, 0.2) is 47.4 Å². The molecule has 28 heavy (non-hydrogen) atoms. The van der Waals surface area contributed by atoms with Crippen LogP contribution in [0, 0.1) is 31.1 Å². The predicted molar refractivity (Wildman–Crippen MR) is 107 cm³/mol. The quantitative estimate of drug-likeness (QED) is 0.858. The minimum atomic E-state index is -3.56. The number of aryl methyl sites for hydroxylation is 2. The molecule has 0 spiro atoms. The summed E-state index contributed by atoms with van der Waals surface area (Å²) in [6.07, 6.45) is 0.898. The Labute approximate surface area is 165 Å². The topological polar surface area (TPSA) is 90.3 Å². The average molecular weight is 398 g/mol. The number of nitrogens with one attached hydrogen (secondary N) is 1. The van der Waals surface area contributed by atoms with E-state index in [-0.39, 0.29) is 11.8 Å². The van der Waals surface area contributed by atoms with Gasteiger partial charge < -0.3 is 5.32 Å². The third kappa shape index (κ3) is 4.08. The molecule has 1 aliphatic heterocycles. The largest absolute Gasteiger partial charge is 0.325 e. The Morgan fingerprint density at radius 3 is 2.43 bits per heavy atom. The van der Waals surface area contributed by atoms with E-state index in [0.29, 0.717) is 42.1 Å². The van der Waals surface area contributed by atoms with E-state index < -0.39 is 10.0 Å². The van der Waals surface area contributed by atoms with Crippen LogP contribution in [0.3, 0.4) is 0 Å². The lowest BCUT2D eigenvalue weighted by Gasteiger charge is -2.30. The highest BCUT2D eigenvalue weighted by molar-refractivity contribution is 7.89. The van der Waals surface area contributed by atoms with Crippen LogP contribution in [0.2, 0.25) is 0 Å². The maximum absolute atomic E-state index is 12.9. The minimum absolute atomic E-state index is 0.175. The van der Waals surface area contributed by atoms with Crippen molar-refractivity contribution in [1.82, 2.24) is 4.31 Å². The maximum atomic E-state index is 12.9. The number of piperidine rings is 1. The minimum Gasteiger partial charge on any atom is -0.325 e. The van der Waals surface area contributed by atoms with Gasteiger partial charge in [0.2, 0.25) is 15.9 Å². The lowest BCUT2D eigenvalue weighted by molar-refractivity contribution is -0.120. The molecule has 7 heteroatoms. The zero-order valence-electron chi connectivity index (χ0n) is 16.0. The molecule has 2 aromatic carbocycles. The summed E-state index contributed by atoms with van der Waals surface area (Å²) in [6, 6.07) is 14.0. The maximum Gasteiger partial charge on any atom is 0.243 e. The van der Waals surface area contributed by atoms with E-state index in [9.17, 15) is 13.2 Å². The van der Waals surface area contributed by atoms with Gasteiger partial charge in [-0.1, -0.05) is 18.2 Å². The normalized spacial score (nSPS) is 15.8. The molecular formula is C21H23N3O3S. The molecule has 1 amide bonds. The van der Waals surface area contributed by atoms with Crippen LogP contribution in [0.5, 0.6) is 0 Å². The standard InChI is InChI=1S/C21H23N3O3S/c1-15-7-8-19(13-16(15)2)28(26,27)24-11-9-17(10-12-24)21(25)23-20-6-4-3-5-18(20)14-22/h3-8,13,17H,9-12H2,1-2H3,(H,23,25). The zero-order chi connectivity index (χ0) is 20.3. The van der Waals surface area contributed by atoms with E-state index in [4.69, 9.17) is 5.26 Å². The first-order chi connectivity index (χ1) is 13.3. The Bertz CT molecular complexity index is 1030. The van der Waals surface area contributed by atoms with Gasteiger partial charge in [0.05, 0.1) is 16.1 Å². The van der Waals surface area contributed by atoms with E-state index in [1.54, 1.807) is 36.4 Å². The summed E-state index contributed by atoms with van der Waals surface area (Å²) >= 11 is 0. The molecule has 0 radical (unpaired) electrons. The monoisotopic (exact) mass is 397 g/mol. The molecule has 0 saturated carbocycles. The van der Waals surface area contributed by atoms with Gasteiger partial charge in [-0.2, -0.15) is 9.57 Å². The van der Waals surface area contributed by atoms with Crippen molar-refractivity contribution >= 4 is 21.6 Å². The van der Waals surface area contributed by atoms with Crippen molar-refractivity contribution < 1.29 is 13.2 Å². The highest BCUT2D eigenvalue weighted by atomic mass is 32.2. The van der Waals surface area contributed by atoms with Crippen LogP contribution >= 0.6 is 0 Å². The first-order valence-electron chi connectivity index (χ1n) is 9.20. The van der Waals surface area contributed by atoms with E-state index >= 15 is 0 Å². The van der Waals surface area contributed by atoms with Crippen LogP contribution in [0.25, 0.3) is 0 Å². The fourth-order valence-electron chi connectivity index (χ4n) is 3.31. The number of anilines is 1. The molecule has 0 bridgehead atoms. The Hall–Kier alpha value is -2.69. The van der Waals surface area contributed by atoms with Crippen LogP contribution in [0.4, 0.5) is 5.69 Å². The van der Waals surface area contributed by atoms with Gasteiger partial charge in [0.15, 0.2) is 0 Å². The van der Waals surface area contributed by atoms with Crippen molar-refractivity contribution in [2.75, 3.05) is 18.4 Å². The fraction of sp³-hybridized carbons (Fsp3) is 0.333. The van der Waals surface area contributed by atoms with Gasteiger partial charge in [-0.15, -0.1) is 0 Å². The van der Waals surface area contributed by atoms with Crippen LogP contribution in [-0.2, 0) is 14.8 Å². The van der Waals surface area contributed by atoms with E-state index in [1.807, 2.05) is 19.9 Å².